The minimum atomic E-state index is -5.21. The maximum atomic E-state index is 13.6. The number of halogens is 9. The first kappa shape index (κ1) is 26.9. The molecule has 0 bridgehead atoms. The van der Waals surface area contributed by atoms with E-state index in [2.05, 4.69) is 5.10 Å². The number of nitrogens with zero attached hydrogens (tertiary/aromatic N) is 3. The van der Waals surface area contributed by atoms with Crippen molar-refractivity contribution in [2.45, 2.75) is 32.0 Å². The summed E-state index contributed by atoms with van der Waals surface area (Å²) in [5.74, 6) is -1.51. The molecule has 3 aromatic rings. The predicted octanol–water partition coefficient (Wildman–Crippen LogP) is 6.16. The molecule has 1 heterocycles. The molecule has 0 radical (unpaired) electrons. The Kier molecular flexibility index (Phi) is 6.77. The van der Waals surface area contributed by atoms with Crippen LogP contribution in [0.2, 0.25) is 0 Å². The lowest BCUT2D eigenvalue weighted by Gasteiger charge is -2.21. The van der Waals surface area contributed by atoms with Crippen LogP contribution in [-0.2, 0) is 25.1 Å². The SMILES string of the molecule is Cc1cc(Cn2cc(C(=O)N(C)c3cc(C(F)(F)F)cc(C(F)(F)F)c3)c(C(F)(F)F)n2)ccc1N. The van der Waals surface area contributed by atoms with Gasteiger partial charge in [0, 0.05) is 24.6 Å². The quantitative estimate of drug-likeness (QED) is 0.329. The van der Waals surface area contributed by atoms with Crippen LogP contribution in [0.5, 0.6) is 0 Å². The predicted molar refractivity (Wildman–Crippen MR) is 111 cm³/mol. The molecule has 0 spiro atoms. The first-order chi connectivity index (χ1) is 16.4. The molecule has 0 aliphatic rings. The van der Waals surface area contributed by atoms with Gasteiger partial charge >= 0.3 is 18.5 Å². The summed E-state index contributed by atoms with van der Waals surface area (Å²) < 4.78 is 121. The van der Waals surface area contributed by atoms with E-state index in [4.69, 9.17) is 5.73 Å². The first-order valence-electron chi connectivity index (χ1n) is 9.95. The lowest BCUT2D eigenvalue weighted by atomic mass is 10.1. The number of benzene rings is 2. The summed E-state index contributed by atoms with van der Waals surface area (Å²) in [6.07, 6.45) is -14.8. The fourth-order valence-corrected chi connectivity index (χ4v) is 3.32. The minimum Gasteiger partial charge on any atom is -0.399 e. The van der Waals surface area contributed by atoms with Gasteiger partial charge in [-0.25, -0.2) is 0 Å². The van der Waals surface area contributed by atoms with Gasteiger partial charge in [0.05, 0.1) is 23.2 Å². The minimum absolute atomic E-state index is 0.157. The molecule has 2 N–H and O–H groups in total. The van der Waals surface area contributed by atoms with E-state index in [0.29, 0.717) is 16.8 Å². The second-order valence-corrected chi connectivity index (χ2v) is 7.91. The van der Waals surface area contributed by atoms with E-state index in [0.717, 1.165) is 17.9 Å². The van der Waals surface area contributed by atoms with E-state index in [-0.39, 0.29) is 29.6 Å². The number of nitrogen functional groups attached to an aromatic ring is 1. The van der Waals surface area contributed by atoms with Gasteiger partial charge in [-0.05, 0) is 42.3 Å². The Morgan fingerprint density at radius 2 is 1.47 bits per heavy atom. The zero-order valence-corrected chi connectivity index (χ0v) is 18.5. The lowest BCUT2D eigenvalue weighted by molar-refractivity contribution is -0.143. The number of carbonyl (C=O) groups excluding carboxylic acids is 1. The van der Waals surface area contributed by atoms with E-state index in [9.17, 15) is 44.3 Å². The zero-order valence-electron chi connectivity index (χ0n) is 18.5. The van der Waals surface area contributed by atoms with Crippen molar-refractivity contribution < 1.29 is 44.3 Å². The van der Waals surface area contributed by atoms with Crippen LogP contribution in [0, 0.1) is 6.92 Å². The van der Waals surface area contributed by atoms with E-state index < -0.39 is 52.5 Å². The molecule has 0 fully saturated rings. The van der Waals surface area contributed by atoms with E-state index in [1.807, 2.05) is 0 Å². The number of amides is 1. The van der Waals surface area contributed by atoms with Crippen molar-refractivity contribution in [3.63, 3.8) is 0 Å². The normalized spacial score (nSPS) is 12.6. The summed E-state index contributed by atoms with van der Waals surface area (Å²) in [5, 5.41) is 3.39. The Morgan fingerprint density at radius 3 is 1.94 bits per heavy atom. The van der Waals surface area contributed by atoms with Crippen LogP contribution in [-0.4, -0.2) is 22.7 Å². The lowest BCUT2D eigenvalue weighted by Crippen LogP contribution is -2.29. The molecule has 3 rings (SSSR count). The van der Waals surface area contributed by atoms with Crippen LogP contribution in [0.25, 0.3) is 0 Å². The van der Waals surface area contributed by atoms with Crippen molar-refractivity contribution in [1.82, 2.24) is 9.78 Å². The molecular formula is C22H17F9N4O. The average Bonchev–Trinajstić information content (AvgIpc) is 3.18. The van der Waals surface area contributed by atoms with Gasteiger partial charge < -0.3 is 10.6 Å². The summed E-state index contributed by atoms with van der Waals surface area (Å²) in [6, 6.07) is 4.94. The van der Waals surface area contributed by atoms with Gasteiger partial charge in [-0.1, -0.05) is 12.1 Å². The van der Waals surface area contributed by atoms with Crippen LogP contribution >= 0.6 is 0 Å². The number of anilines is 2. The summed E-state index contributed by atoms with van der Waals surface area (Å²) >= 11 is 0. The van der Waals surface area contributed by atoms with E-state index in [1.165, 1.54) is 12.1 Å². The molecule has 36 heavy (non-hydrogen) atoms. The van der Waals surface area contributed by atoms with Gasteiger partial charge in [-0.3, -0.25) is 9.48 Å². The maximum absolute atomic E-state index is 13.6. The van der Waals surface area contributed by atoms with Crippen molar-refractivity contribution in [3.05, 3.63) is 76.1 Å². The number of aryl methyl sites for hydroxylation is 1. The maximum Gasteiger partial charge on any atom is 0.435 e. The highest BCUT2D eigenvalue weighted by molar-refractivity contribution is 6.06. The third-order valence-corrected chi connectivity index (χ3v) is 5.20. The molecule has 0 unspecified atom stereocenters. The van der Waals surface area contributed by atoms with Gasteiger partial charge in [0.1, 0.15) is 0 Å². The van der Waals surface area contributed by atoms with Gasteiger partial charge in [-0.2, -0.15) is 44.6 Å². The number of nitrogens with two attached hydrogens (primary N) is 1. The molecule has 194 valence electrons. The smallest absolute Gasteiger partial charge is 0.399 e. The number of aromatic nitrogens is 2. The molecule has 0 saturated carbocycles. The van der Waals surface area contributed by atoms with Crippen LogP contribution in [0.15, 0.2) is 42.6 Å². The van der Waals surface area contributed by atoms with Gasteiger partial charge in [0.25, 0.3) is 5.91 Å². The first-order valence-corrected chi connectivity index (χ1v) is 9.95. The molecule has 5 nitrogen and oxygen atoms in total. The number of hydrogen-bond acceptors (Lipinski definition) is 3. The fourth-order valence-electron chi connectivity index (χ4n) is 3.32. The average molecular weight is 524 g/mol. The summed E-state index contributed by atoms with van der Waals surface area (Å²) in [7, 11) is 0.763. The van der Waals surface area contributed by atoms with Crippen molar-refractivity contribution in [1.29, 1.82) is 0 Å². The molecule has 0 aliphatic heterocycles. The van der Waals surface area contributed by atoms with Crippen LogP contribution in [0.3, 0.4) is 0 Å². The van der Waals surface area contributed by atoms with Gasteiger partial charge in [-0.15, -0.1) is 0 Å². The molecular weight excluding hydrogens is 507 g/mol. The van der Waals surface area contributed by atoms with Crippen LogP contribution in [0.4, 0.5) is 50.9 Å². The number of alkyl halides is 9. The van der Waals surface area contributed by atoms with Crippen molar-refractivity contribution >= 4 is 17.3 Å². The third kappa shape index (κ3) is 5.74. The molecule has 1 aromatic heterocycles. The third-order valence-electron chi connectivity index (χ3n) is 5.20. The zero-order chi connectivity index (χ0) is 27.2. The Bertz CT molecular complexity index is 1260. The van der Waals surface area contributed by atoms with Crippen molar-refractivity contribution in [3.8, 4) is 0 Å². The van der Waals surface area contributed by atoms with Gasteiger partial charge in [0.15, 0.2) is 5.69 Å². The van der Waals surface area contributed by atoms with Crippen molar-refractivity contribution in [2.24, 2.45) is 0 Å². The number of carbonyl (C=O) groups is 1. The topological polar surface area (TPSA) is 64.2 Å². The highest BCUT2D eigenvalue weighted by atomic mass is 19.4. The highest BCUT2D eigenvalue weighted by Gasteiger charge is 2.41. The molecule has 0 saturated heterocycles. The largest absolute Gasteiger partial charge is 0.435 e. The Morgan fingerprint density at radius 1 is 0.917 bits per heavy atom. The Labute approximate surface area is 197 Å². The van der Waals surface area contributed by atoms with Crippen molar-refractivity contribution in [2.75, 3.05) is 17.7 Å². The Hall–Kier alpha value is -3.71. The summed E-state index contributed by atoms with van der Waals surface area (Å²) in [6.45, 7) is 1.44. The number of rotatable bonds is 4. The molecule has 0 atom stereocenters. The second kappa shape index (κ2) is 9.06. The van der Waals surface area contributed by atoms with E-state index >= 15 is 0 Å². The molecule has 14 heteroatoms. The standard InChI is InChI=1S/C22H17F9N4O/c1-11-5-12(3-4-17(11)32)9-35-10-16(18(33-35)22(29,30)31)19(36)34(2)15-7-13(20(23,24)25)6-14(8-15)21(26,27)28/h3-8,10H,9,32H2,1-2H3. The highest BCUT2D eigenvalue weighted by Crippen LogP contribution is 2.39. The fraction of sp³-hybridized carbons (Fsp3) is 0.273. The van der Waals surface area contributed by atoms with Crippen LogP contribution in [0.1, 0.15) is 38.3 Å². The van der Waals surface area contributed by atoms with E-state index in [1.54, 1.807) is 13.0 Å². The second-order valence-electron chi connectivity index (χ2n) is 7.91. The summed E-state index contributed by atoms with van der Waals surface area (Å²) in [5.41, 5.74) is 0.214. The molecule has 0 aliphatic carbocycles. The molecule has 1 amide bonds. The monoisotopic (exact) mass is 524 g/mol. The molecule has 2 aromatic carbocycles. The number of hydrogen-bond donors (Lipinski definition) is 1. The van der Waals surface area contributed by atoms with Gasteiger partial charge in [0.2, 0.25) is 0 Å². The summed E-state index contributed by atoms with van der Waals surface area (Å²) in [4.78, 5) is 13.2. The van der Waals surface area contributed by atoms with Crippen LogP contribution < -0.4 is 10.6 Å². The Balaban J connectivity index is 2.05.